The van der Waals surface area contributed by atoms with E-state index in [1.807, 2.05) is 24.3 Å². The summed E-state index contributed by atoms with van der Waals surface area (Å²) in [5.41, 5.74) is 1.81. The van der Waals surface area contributed by atoms with Crippen molar-refractivity contribution in [2.24, 2.45) is 0 Å². The molecule has 0 bridgehead atoms. The third kappa shape index (κ3) is 2.94. The van der Waals surface area contributed by atoms with Gasteiger partial charge in [0.1, 0.15) is 19.0 Å². The van der Waals surface area contributed by atoms with Crippen LogP contribution < -0.4 is 0 Å². The highest BCUT2D eigenvalue weighted by Crippen LogP contribution is 2.20. The molecule has 0 aliphatic heterocycles. The molecule has 0 radical (unpaired) electrons. The van der Waals surface area contributed by atoms with E-state index in [1.54, 1.807) is 17.0 Å². The van der Waals surface area contributed by atoms with Gasteiger partial charge in [0.15, 0.2) is 0 Å². The Labute approximate surface area is 131 Å². The van der Waals surface area contributed by atoms with E-state index >= 15 is 0 Å². The first kappa shape index (κ1) is 14.5. The van der Waals surface area contributed by atoms with Crippen molar-refractivity contribution >= 4 is 28.6 Å². The minimum absolute atomic E-state index is 0.00653. The summed E-state index contributed by atoms with van der Waals surface area (Å²) in [6.07, 6.45) is 1.57. The molecule has 3 rings (SSSR count). The lowest BCUT2D eigenvalue weighted by Crippen LogP contribution is -2.13. The largest absolute Gasteiger partial charge is 0.459 e. The molecular weight excluding hydrogens is 307 g/mol. The highest BCUT2D eigenvalue weighted by Gasteiger charge is 2.12. The van der Waals surface area contributed by atoms with Crippen molar-refractivity contribution in [3.05, 3.63) is 65.2 Å². The maximum atomic E-state index is 13.6. The number of carbonyl (C=O) groups excluding carboxylic acids is 1. The quantitative estimate of drug-likeness (QED) is 0.691. The summed E-state index contributed by atoms with van der Waals surface area (Å²) in [6.45, 7) is -0.191. The number of rotatable bonds is 4. The number of nitrogens with zero attached hydrogens (tertiary/aromatic N) is 2. The van der Waals surface area contributed by atoms with Crippen LogP contribution in [-0.4, -0.2) is 15.5 Å². The number of hydrogen-bond donors (Lipinski definition) is 0. The maximum absolute atomic E-state index is 13.6. The smallest absolute Gasteiger partial charge is 0.326 e. The van der Waals surface area contributed by atoms with Crippen molar-refractivity contribution in [1.29, 1.82) is 0 Å². The second-order valence-corrected chi connectivity index (χ2v) is 5.13. The van der Waals surface area contributed by atoms with E-state index in [-0.39, 0.29) is 23.7 Å². The molecule has 22 heavy (non-hydrogen) atoms. The minimum atomic E-state index is -0.492. The van der Waals surface area contributed by atoms with Crippen LogP contribution >= 0.6 is 11.6 Å². The predicted molar refractivity (Wildman–Crippen MR) is 80.9 cm³/mol. The van der Waals surface area contributed by atoms with E-state index in [9.17, 15) is 9.18 Å². The molecule has 0 aliphatic carbocycles. The lowest BCUT2D eigenvalue weighted by atomic mass is 10.2. The summed E-state index contributed by atoms with van der Waals surface area (Å²) in [4.78, 5) is 16.1. The van der Waals surface area contributed by atoms with Crippen LogP contribution in [-0.2, 0) is 22.7 Å². The average Bonchev–Trinajstić information content (AvgIpc) is 2.90. The van der Waals surface area contributed by atoms with Crippen molar-refractivity contribution in [1.82, 2.24) is 9.55 Å². The molecule has 2 aromatic carbocycles. The number of esters is 1. The van der Waals surface area contributed by atoms with Gasteiger partial charge in [-0.3, -0.25) is 4.79 Å². The number of para-hydroxylation sites is 2. The van der Waals surface area contributed by atoms with Crippen LogP contribution in [0.15, 0.2) is 48.8 Å². The summed E-state index contributed by atoms with van der Waals surface area (Å²) >= 11 is 5.89. The molecule has 0 aliphatic rings. The zero-order valence-corrected chi connectivity index (χ0v) is 12.3. The van der Waals surface area contributed by atoms with Crippen molar-refractivity contribution in [2.75, 3.05) is 0 Å². The van der Waals surface area contributed by atoms with E-state index in [0.717, 1.165) is 11.0 Å². The maximum Gasteiger partial charge on any atom is 0.326 e. The number of halogens is 2. The Morgan fingerprint density at radius 2 is 2.05 bits per heavy atom. The molecule has 112 valence electrons. The Morgan fingerprint density at radius 1 is 1.23 bits per heavy atom. The van der Waals surface area contributed by atoms with Crippen LogP contribution in [0.1, 0.15) is 5.56 Å². The Kier molecular flexibility index (Phi) is 4.06. The second-order valence-electron chi connectivity index (χ2n) is 4.72. The van der Waals surface area contributed by atoms with Gasteiger partial charge in [-0.05, 0) is 24.3 Å². The lowest BCUT2D eigenvalue weighted by molar-refractivity contribution is -0.145. The number of hydrogen-bond acceptors (Lipinski definition) is 3. The van der Waals surface area contributed by atoms with Crippen LogP contribution in [0.2, 0.25) is 5.02 Å². The summed E-state index contributed by atoms with van der Waals surface area (Å²) in [7, 11) is 0. The van der Waals surface area contributed by atoms with Crippen LogP contribution in [0, 0.1) is 5.82 Å². The second kappa shape index (κ2) is 6.15. The molecule has 4 nitrogen and oxygen atoms in total. The summed E-state index contributed by atoms with van der Waals surface area (Å²) in [5, 5.41) is 0.237. The van der Waals surface area contributed by atoms with Gasteiger partial charge in [-0.15, -0.1) is 0 Å². The van der Waals surface area contributed by atoms with Crippen LogP contribution in [0.5, 0.6) is 0 Å². The number of fused-ring (bicyclic) bond motifs is 1. The van der Waals surface area contributed by atoms with E-state index in [0.29, 0.717) is 0 Å². The standard InChI is InChI=1S/C16H12ClFN2O2/c17-12-4-3-5-13(18)11(12)9-22-16(21)8-20-10-19-14-6-1-2-7-15(14)20/h1-7,10H,8-9H2. The molecule has 0 saturated heterocycles. The fourth-order valence-corrected chi connectivity index (χ4v) is 2.36. The SMILES string of the molecule is O=C(Cn1cnc2ccccc21)OCc1c(F)cccc1Cl. The van der Waals surface area contributed by atoms with Gasteiger partial charge in [0.05, 0.1) is 22.4 Å². The Bertz CT molecular complexity index is 812. The molecule has 1 heterocycles. The summed E-state index contributed by atoms with van der Waals surface area (Å²) in [6, 6.07) is 11.8. The van der Waals surface area contributed by atoms with Gasteiger partial charge in [-0.1, -0.05) is 29.8 Å². The highest BCUT2D eigenvalue weighted by atomic mass is 35.5. The van der Waals surface area contributed by atoms with Crippen molar-refractivity contribution in [3.63, 3.8) is 0 Å². The first-order valence-electron chi connectivity index (χ1n) is 6.63. The Hall–Kier alpha value is -2.40. The van der Waals surface area contributed by atoms with Crippen molar-refractivity contribution in [2.45, 2.75) is 13.2 Å². The molecule has 0 atom stereocenters. The molecule has 0 fully saturated rings. The molecule has 6 heteroatoms. The number of carbonyl (C=O) groups is 1. The van der Waals surface area contributed by atoms with E-state index in [1.165, 1.54) is 12.1 Å². The van der Waals surface area contributed by atoms with Crippen molar-refractivity contribution < 1.29 is 13.9 Å². The Morgan fingerprint density at radius 3 is 2.86 bits per heavy atom. The predicted octanol–water partition coefficient (Wildman–Crippen LogP) is 3.57. The molecule has 0 N–H and O–H groups in total. The Balaban J connectivity index is 1.68. The van der Waals surface area contributed by atoms with E-state index in [2.05, 4.69) is 4.98 Å². The number of ether oxygens (including phenoxy) is 1. The number of aromatic nitrogens is 2. The topological polar surface area (TPSA) is 44.1 Å². The zero-order chi connectivity index (χ0) is 15.5. The van der Waals surface area contributed by atoms with E-state index in [4.69, 9.17) is 16.3 Å². The van der Waals surface area contributed by atoms with Crippen LogP contribution in [0.25, 0.3) is 11.0 Å². The van der Waals surface area contributed by atoms with Gasteiger partial charge in [0.2, 0.25) is 0 Å². The zero-order valence-electron chi connectivity index (χ0n) is 11.5. The van der Waals surface area contributed by atoms with Gasteiger partial charge in [-0.25, -0.2) is 9.37 Å². The summed E-state index contributed by atoms with van der Waals surface area (Å²) in [5.74, 6) is -0.976. The molecular formula is C16H12ClFN2O2. The third-order valence-corrected chi connectivity index (χ3v) is 3.62. The minimum Gasteiger partial charge on any atom is -0.459 e. The first-order chi connectivity index (χ1) is 10.6. The highest BCUT2D eigenvalue weighted by molar-refractivity contribution is 6.31. The van der Waals surface area contributed by atoms with Gasteiger partial charge < -0.3 is 9.30 Å². The number of benzene rings is 2. The van der Waals surface area contributed by atoms with Crippen molar-refractivity contribution in [3.8, 4) is 0 Å². The van der Waals surface area contributed by atoms with E-state index < -0.39 is 11.8 Å². The van der Waals surface area contributed by atoms with Gasteiger partial charge >= 0.3 is 5.97 Å². The normalized spacial score (nSPS) is 10.8. The van der Waals surface area contributed by atoms with Crippen LogP contribution in [0.3, 0.4) is 0 Å². The molecule has 0 amide bonds. The van der Waals surface area contributed by atoms with Gasteiger partial charge in [-0.2, -0.15) is 0 Å². The fourth-order valence-electron chi connectivity index (χ4n) is 2.14. The molecule has 0 saturated carbocycles. The number of imidazole rings is 1. The molecule has 0 unspecified atom stereocenters. The van der Waals surface area contributed by atoms with Gasteiger partial charge in [0.25, 0.3) is 0 Å². The average molecular weight is 319 g/mol. The monoisotopic (exact) mass is 318 g/mol. The van der Waals surface area contributed by atoms with Crippen LogP contribution in [0.4, 0.5) is 4.39 Å². The molecule has 1 aromatic heterocycles. The lowest BCUT2D eigenvalue weighted by Gasteiger charge is -2.08. The molecule has 0 spiro atoms. The third-order valence-electron chi connectivity index (χ3n) is 3.27. The van der Waals surface area contributed by atoms with Gasteiger partial charge in [0, 0.05) is 5.56 Å². The fraction of sp³-hybridized carbons (Fsp3) is 0.125. The summed E-state index contributed by atoms with van der Waals surface area (Å²) < 4.78 is 20.4. The first-order valence-corrected chi connectivity index (χ1v) is 7.01. The molecule has 3 aromatic rings.